The minimum atomic E-state index is -0.118. The third-order valence-electron chi connectivity index (χ3n) is 4.20. The first-order valence-electron chi connectivity index (χ1n) is 6.04. The van der Waals surface area contributed by atoms with Crippen molar-refractivity contribution in [1.29, 1.82) is 0 Å². The second kappa shape index (κ2) is 3.62. The van der Waals surface area contributed by atoms with E-state index in [-0.39, 0.29) is 17.4 Å². The maximum absolute atomic E-state index is 9.72. The Balaban J connectivity index is 2.03. The first-order chi connectivity index (χ1) is 8.59. The molecule has 0 bridgehead atoms. The number of aliphatic hydroxyl groups excluding tert-OH is 1. The van der Waals surface area contributed by atoms with Gasteiger partial charge in [-0.1, -0.05) is 32.0 Å². The number of nitrogens with one attached hydrogen (secondary N) is 1. The number of hydrogen-bond acceptors (Lipinski definition) is 4. The molecule has 0 saturated heterocycles. The minimum Gasteiger partial charge on any atom is -0.395 e. The lowest BCUT2D eigenvalue weighted by Gasteiger charge is -2.18. The molecule has 1 aliphatic rings. The van der Waals surface area contributed by atoms with Crippen LogP contribution < -0.4 is 0 Å². The number of nitrogens with zero attached hydrogens (tertiary/aromatic N) is 3. The van der Waals surface area contributed by atoms with Crippen LogP contribution in [0.3, 0.4) is 0 Å². The summed E-state index contributed by atoms with van der Waals surface area (Å²) in [6.45, 7) is 4.55. The summed E-state index contributed by atoms with van der Waals surface area (Å²) in [6.07, 6.45) is 1.01. The highest BCUT2D eigenvalue weighted by molar-refractivity contribution is 5.57. The monoisotopic (exact) mass is 244 g/mol. The van der Waals surface area contributed by atoms with Crippen LogP contribution in [0, 0.1) is 5.41 Å². The molecule has 5 nitrogen and oxygen atoms in total. The molecule has 3 rings (SSSR count). The predicted molar refractivity (Wildman–Crippen MR) is 66.8 cm³/mol. The van der Waals surface area contributed by atoms with Gasteiger partial charge in [-0.05, 0) is 28.7 Å². The van der Waals surface area contributed by atoms with E-state index in [1.54, 1.807) is 0 Å². The highest BCUT2D eigenvalue weighted by atomic mass is 16.3. The second-order valence-corrected chi connectivity index (χ2v) is 5.62. The van der Waals surface area contributed by atoms with Crippen LogP contribution in [-0.4, -0.2) is 32.3 Å². The molecule has 18 heavy (non-hydrogen) atoms. The van der Waals surface area contributed by atoms with Gasteiger partial charge < -0.3 is 5.11 Å². The Morgan fingerprint density at radius 2 is 2.17 bits per heavy atom. The molecule has 0 amide bonds. The van der Waals surface area contributed by atoms with Gasteiger partial charge in [0.05, 0.1) is 6.61 Å². The molecule has 0 spiro atoms. The SMILES string of the molecule is CC1(C)CC1(CO)c1cccc(-c2nn[nH]n2)c1. The summed E-state index contributed by atoms with van der Waals surface area (Å²) in [5.41, 5.74) is 2.11. The zero-order valence-electron chi connectivity index (χ0n) is 10.5. The van der Waals surface area contributed by atoms with Crippen LogP contribution in [0.4, 0.5) is 0 Å². The van der Waals surface area contributed by atoms with E-state index in [4.69, 9.17) is 0 Å². The fourth-order valence-electron chi connectivity index (χ4n) is 2.80. The molecular weight excluding hydrogens is 228 g/mol. The van der Waals surface area contributed by atoms with Crippen molar-refractivity contribution in [3.8, 4) is 11.4 Å². The maximum atomic E-state index is 9.72. The molecule has 1 saturated carbocycles. The van der Waals surface area contributed by atoms with E-state index in [9.17, 15) is 5.11 Å². The van der Waals surface area contributed by atoms with Gasteiger partial charge >= 0.3 is 0 Å². The van der Waals surface area contributed by atoms with E-state index in [0.717, 1.165) is 17.5 Å². The summed E-state index contributed by atoms with van der Waals surface area (Å²) < 4.78 is 0. The lowest BCUT2D eigenvalue weighted by Crippen LogP contribution is -2.19. The lowest BCUT2D eigenvalue weighted by molar-refractivity contribution is 0.231. The molecule has 1 unspecified atom stereocenters. The molecular formula is C13H16N4O. The van der Waals surface area contributed by atoms with Gasteiger partial charge in [-0.15, -0.1) is 10.2 Å². The summed E-state index contributed by atoms with van der Waals surface area (Å²) in [5.74, 6) is 0.586. The molecule has 1 aromatic carbocycles. The fourth-order valence-corrected chi connectivity index (χ4v) is 2.80. The summed E-state index contributed by atoms with van der Waals surface area (Å²) in [5, 5.41) is 23.7. The summed E-state index contributed by atoms with van der Waals surface area (Å²) >= 11 is 0. The van der Waals surface area contributed by atoms with Crippen molar-refractivity contribution in [2.24, 2.45) is 5.41 Å². The molecule has 0 aliphatic heterocycles. The number of H-pyrrole nitrogens is 1. The van der Waals surface area contributed by atoms with E-state index in [1.807, 2.05) is 12.1 Å². The van der Waals surface area contributed by atoms with Crippen LogP contribution in [0.1, 0.15) is 25.8 Å². The van der Waals surface area contributed by atoms with Crippen LogP contribution >= 0.6 is 0 Å². The third kappa shape index (κ3) is 1.47. The van der Waals surface area contributed by atoms with E-state index < -0.39 is 0 Å². The molecule has 1 aliphatic carbocycles. The van der Waals surface area contributed by atoms with Crippen LogP contribution in [0.5, 0.6) is 0 Å². The minimum absolute atomic E-state index is 0.118. The number of hydrogen-bond donors (Lipinski definition) is 2. The zero-order valence-corrected chi connectivity index (χ0v) is 10.5. The van der Waals surface area contributed by atoms with E-state index >= 15 is 0 Å². The van der Waals surface area contributed by atoms with Crippen LogP contribution in [-0.2, 0) is 5.41 Å². The van der Waals surface area contributed by atoms with Gasteiger partial charge in [0, 0.05) is 11.0 Å². The Kier molecular flexibility index (Phi) is 2.28. The Morgan fingerprint density at radius 1 is 1.39 bits per heavy atom. The molecule has 0 radical (unpaired) electrons. The Hall–Kier alpha value is -1.75. The summed E-state index contributed by atoms with van der Waals surface area (Å²) in [4.78, 5) is 0. The van der Waals surface area contributed by atoms with Gasteiger partial charge in [0.1, 0.15) is 0 Å². The number of rotatable bonds is 3. The molecule has 2 aromatic rings. The standard InChI is InChI=1S/C13H16N4O/c1-12(2)7-13(12,8-18)10-5-3-4-9(6-10)11-14-16-17-15-11/h3-6,18H,7-8H2,1-2H3,(H,14,15,16,17). The largest absolute Gasteiger partial charge is 0.395 e. The van der Waals surface area contributed by atoms with Crippen molar-refractivity contribution in [3.63, 3.8) is 0 Å². The summed E-state index contributed by atoms with van der Waals surface area (Å²) in [7, 11) is 0. The van der Waals surface area contributed by atoms with E-state index in [2.05, 4.69) is 46.6 Å². The Labute approximate surface area is 105 Å². The number of aromatic amines is 1. The first-order valence-corrected chi connectivity index (χ1v) is 6.04. The highest BCUT2D eigenvalue weighted by Gasteiger charge is 2.61. The van der Waals surface area contributed by atoms with Gasteiger partial charge in [-0.2, -0.15) is 5.21 Å². The van der Waals surface area contributed by atoms with Crippen molar-refractivity contribution >= 4 is 0 Å². The van der Waals surface area contributed by atoms with Crippen molar-refractivity contribution in [1.82, 2.24) is 20.6 Å². The van der Waals surface area contributed by atoms with Gasteiger partial charge in [0.25, 0.3) is 0 Å². The average Bonchev–Trinajstić information content (AvgIpc) is 2.78. The Bertz CT molecular complexity index is 564. The second-order valence-electron chi connectivity index (χ2n) is 5.62. The number of benzene rings is 1. The summed E-state index contributed by atoms with van der Waals surface area (Å²) in [6, 6.07) is 8.05. The van der Waals surface area contributed by atoms with Crippen molar-refractivity contribution in [2.45, 2.75) is 25.7 Å². The normalized spacial score (nSPS) is 25.1. The van der Waals surface area contributed by atoms with Crippen LogP contribution in [0.2, 0.25) is 0 Å². The molecule has 1 fully saturated rings. The molecule has 94 valence electrons. The quantitative estimate of drug-likeness (QED) is 0.858. The van der Waals surface area contributed by atoms with Gasteiger partial charge in [0.2, 0.25) is 5.82 Å². The van der Waals surface area contributed by atoms with E-state index in [1.165, 1.54) is 0 Å². The number of tetrazole rings is 1. The van der Waals surface area contributed by atoms with Crippen LogP contribution in [0.25, 0.3) is 11.4 Å². The lowest BCUT2D eigenvalue weighted by atomic mass is 9.88. The van der Waals surface area contributed by atoms with E-state index in [0.29, 0.717) is 5.82 Å². The topological polar surface area (TPSA) is 74.7 Å². The average molecular weight is 244 g/mol. The maximum Gasteiger partial charge on any atom is 0.204 e. The van der Waals surface area contributed by atoms with Crippen molar-refractivity contribution in [2.75, 3.05) is 6.61 Å². The van der Waals surface area contributed by atoms with Gasteiger partial charge in [-0.3, -0.25) is 0 Å². The molecule has 5 heteroatoms. The van der Waals surface area contributed by atoms with Crippen molar-refractivity contribution < 1.29 is 5.11 Å². The highest BCUT2D eigenvalue weighted by Crippen LogP contribution is 2.64. The number of aliphatic hydroxyl groups is 1. The fraction of sp³-hybridized carbons (Fsp3) is 0.462. The van der Waals surface area contributed by atoms with Gasteiger partial charge in [-0.25, -0.2) is 0 Å². The zero-order chi connectivity index (χ0) is 12.8. The molecule has 1 atom stereocenters. The number of aromatic nitrogens is 4. The van der Waals surface area contributed by atoms with Crippen LogP contribution in [0.15, 0.2) is 24.3 Å². The predicted octanol–water partition coefficient (Wildman–Crippen LogP) is 1.53. The van der Waals surface area contributed by atoms with Crippen molar-refractivity contribution in [3.05, 3.63) is 29.8 Å². The van der Waals surface area contributed by atoms with Gasteiger partial charge in [0.15, 0.2) is 0 Å². The molecule has 1 aromatic heterocycles. The molecule has 2 N–H and O–H groups in total. The smallest absolute Gasteiger partial charge is 0.204 e. The molecule has 1 heterocycles. The first kappa shape index (κ1) is 11.3. The Morgan fingerprint density at radius 3 is 2.72 bits per heavy atom. The third-order valence-corrected chi connectivity index (χ3v) is 4.20.